The van der Waals surface area contributed by atoms with Crippen molar-refractivity contribution in [2.45, 2.75) is 37.2 Å². The van der Waals surface area contributed by atoms with Crippen molar-refractivity contribution in [1.82, 2.24) is 10.3 Å². The Kier molecular flexibility index (Phi) is 7.43. The Balaban J connectivity index is 1.70. The number of carbonyl (C=O) groups excluding carboxylic acids is 1. The van der Waals surface area contributed by atoms with E-state index in [1.807, 2.05) is 36.4 Å². The van der Waals surface area contributed by atoms with E-state index < -0.39 is 35.3 Å². The standard InChI is InChI=1S/C22H23N3O5S/c1-14(23-17(21(27)28)13-12-15-8-4-2-5-9-15)19(26)25-20(22(29)30)31-18(24-25)16-10-6-3-7-11-16/h2-11,14,17,20,23H,12-13H2,1H3,(H,27,28)(H,29,30)/t14-,17-,20?/m0/s1. The van der Waals surface area contributed by atoms with E-state index >= 15 is 0 Å². The normalized spacial score (nSPS) is 17.6. The van der Waals surface area contributed by atoms with Crippen LogP contribution in [0.15, 0.2) is 65.8 Å². The van der Waals surface area contributed by atoms with E-state index in [9.17, 15) is 24.6 Å². The number of aliphatic carboxylic acids is 2. The summed E-state index contributed by atoms with van der Waals surface area (Å²) in [6.45, 7) is 1.51. The monoisotopic (exact) mass is 441 g/mol. The van der Waals surface area contributed by atoms with Crippen molar-refractivity contribution >= 4 is 34.7 Å². The van der Waals surface area contributed by atoms with Crippen LogP contribution >= 0.6 is 11.8 Å². The Morgan fingerprint density at radius 1 is 1.06 bits per heavy atom. The third-order valence-electron chi connectivity index (χ3n) is 4.79. The highest BCUT2D eigenvalue weighted by atomic mass is 32.2. The molecule has 1 amide bonds. The zero-order valence-electron chi connectivity index (χ0n) is 16.8. The van der Waals surface area contributed by atoms with Gasteiger partial charge >= 0.3 is 11.9 Å². The lowest BCUT2D eigenvalue weighted by Crippen LogP contribution is -2.51. The highest BCUT2D eigenvalue weighted by Crippen LogP contribution is 2.30. The van der Waals surface area contributed by atoms with E-state index in [2.05, 4.69) is 10.4 Å². The molecule has 0 radical (unpaired) electrons. The molecule has 3 atom stereocenters. The first-order chi connectivity index (χ1) is 14.9. The Hall–Kier alpha value is -3.17. The molecule has 162 valence electrons. The maximum Gasteiger partial charge on any atom is 0.339 e. The summed E-state index contributed by atoms with van der Waals surface area (Å²) in [5, 5.41) is 26.3. The quantitative estimate of drug-likeness (QED) is 0.547. The van der Waals surface area contributed by atoms with Gasteiger partial charge in [0.2, 0.25) is 5.37 Å². The van der Waals surface area contributed by atoms with Crippen molar-refractivity contribution < 1.29 is 24.6 Å². The van der Waals surface area contributed by atoms with Gasteiger partial charge in [-0.1, -0.05) is 72.4 Å². The van der Waals surface area contributed by atoms with Crippen molar-refractivity contribution in [3.63, 3.8) is 0 Å². The minimum absolute atomic E-state index is 0.284. The van der Waals surface area contributed by atoms with Crippen LogP contribution in [0.25, 0.3) is 0 Å². The number of hydrogen-bond donors (Lipinski definition) is 3. The van der Waals surface area contributed by atoms with Gasteiger partial charge < -0.3 is 10.2 Å². The second kappa shape index (κ2) is 10.2. The highest BCUT2D eigenvalue weighted by molar-refractivity contribution is 8.15. The Morgan fingerprint density at radius 3 is 2.26 bits per heavy atom. The zero-order chi connectivity index (χ0) is 22.4. The van der Waals surface area contributed by atoms with Gasteiger partial charge in [0.25, 0.3) is 5.91 Å². The van der Waals surface area contributed by atoms with E-state index in [0.29, 0.717) is 17.0 Å². The molecule has 0 bridgehead atoms. The second-order valence-electron chi connectivity index (χ2n) is 7.07. The molecule has 3 rings (SSSR count). The lowest BCUT2D eigenvalue weighted by molar-refractivity contribution is -0.147. The van der Waals surface area contributed by atoms with E-state index in [1.54, 1.807) is 24.3 Å². The van der Waals surface area contributed by atoms with Crippen LogP contribution in [0, 0.1) is 0 Å². The molecule has 1 aliphatic rings. The molecule has 1 unspecified atom stereocenters. The summed E-state index contributed by atoms with van der Waals surface area (Å²) in [5.41, 5.74) is 1.70. The van der Waals surface area contributed by atoms with Crippen LogP contribution in [0.4, 0.5) is 0 Å². The number of carboxylic acid groups (broad SMARTS) is 2. The molecule has 0 saturated carbocycles. The predicted octanol–water partition coefficient (Wildman–Crippen LogP) is 2.40. The number of amides is 1. The molecule has 1 aliphatic heterocycles. The third-order valence-corrected chi connectivity index (χ3v) is 5.95. The number of hydrogen-bond acceptors (Lipinski definition) is 6. The van der Waals surface area contributed by atoms with Gasteiger partial charge in [0, 0.05) is 5.56 Å². The second-order valence-corrected chi connectivity index (χ2v) is 8.13. The lowest BCUT2D eigenvalue weighted by Gasteiger charge is -2.24. The van der Waals surface area contributed by atoms with Crippen LogP contribution in [-0.4, -0.2) is 55.6 Å². The number of rotatable bonds is 9. The van der Waals surface area contributed by atoms with Gasteiger partial charge in [0.05, 0.1) is 6.04 Å². The lowest BCUT2D eigenvalue weighted by atomic mass is 10.0. The summed E-state index contributed by atoms with van der Waals surface area (Å²) in [7, 11) is 0. The molecule has 8 nitrogen and oxygen atoms in total. The average molecular weight is 442 g/mol. The molecule has 0 aromatic heterocycles. The first kappa shape index (κ1) is 22.5. The molecule has 1 heterocycles. The van der Waals surface area contributed by atoms with Crippen molar-refractivity contribution in [2.75, 3.05) is 0 Å². The molecule has 31 heavy (non-hydrogen) atoms. The minimum atomic E-state index is -1.21. The first-order valence-corrected chi connectivity index (χ1v) is 10.6. The summed E-state index contributed by atoms with van der Waals surface area (Å²) in [6, 6.07) is 16.6. The number of aryl methyl sites for hydroxylation is 1. The summed E-state index contributed by atoms with van der Waals surface area (Å²) in [6.07, 6.45) is 0.811. The molecule has 9 heteroatoms. The van der Waals surface area contributed by atoms with Gasteiger partial charge in [0.1, 0.15) is 11.1 Å². The van der Waals surface area contributed by atoms with E-state index in [-0.39, 0.29) is 6.42 Å². The number of carbonyl (C=O) groups is 3. The van der Waals surface area contributed by atoms with Gasteiger partial charge in [-0.25, -0.2) is 9.80 Å². The summed E-state index contributed by atoms with van der Waals surface area (Å²) < 4.78 is 0. The van der Waals surface area contributed by atoms with Crippen LogP contribution in [0.3, 0.4) is 0 Å². The van der Waals surface area contributed by atoms with Crippen LogP contribution < -0.4 is 5.32 Å². The van der Waals surface area contributed by atoms with Crippen LogP contribution in [-0.2, 0) is 20.8 Å². The van der Waals surface area contributed by atoms with Gasteiger partial charge in [-0.15, -0.1) is 0 Å². The Labute approximate surface area is 184 Å². The van der Waals surface area contributed by atoms with Gasteiger partial charge in [-0.3, -0.25) is 14.9 Å². The Bertz CT molecular complexity index is 968. The highest BCUT2D eigenvalue weighted by Gasteiger charge is 2.40. The molecule has 2 aromatic rings. The fraction of sp³-hybridized carbons (Fsp3) is 0.273. The van der Waals surface area contributed by atoms with Crippen LogP contribution in [0.5, 0.6) is 0 Å². The topological polar surface area (TPSA) is 119 Å². The molecule has 3 N–H and O–H groups in total. The van der Waals surface area contributed by atoms with Gasteiger partial charge in [-0.2, -0.15) is 5.10 Å². The molecule has 0 aliphatic carbocycles. The van der Waals surface area contributed by atoms with E-state index in [0.717, 1.165) is 22.3 Å². The number of carboxylic acids is 2. The predicted molar refractivity (Wildman–Crippen MR) is 118 cm³/mol. The molecular weight excluding hydrogens is 418 g/mol. The fourth-order valence-electron chi connectivity index (χ4n) is 3.16. The maximum atomic E-state index is 13.0. The van der Waals surface area contributed by atoms with E-state index in [1.165, 1.54) is 6.92 Å². The molecule has 0 fully saturated rings. The largest absolute Gasteiger partial charge is 0.480 e. The fourth-order valence-corrected chi connectivity index (χ4v) is 4.13. The number of nitrogens with one attached hydrogen (secondary N) is 1. The third kappa shape index (κ3) is 5.71. The minimum Gasteiger partial charge on any atom is -0.480 e. The van der Waals surface area contributed by atoms with Crippen molar-refractivity contribution in [2.24, 2.45) is 5.10 Å². The number of nitrogens with zero attached hydrogens (tertiary/aromatic N) is 2. The number of hydrazone groups is 1. The average Bonchev–Trinajstić information content (AvgIpc) is 3.23. The first-order valence-electron chi connectivity index (χ1n) is 9.76. The van der Waals surface area contributed by atoms with Crippen LogP contribution in [0.1, 0.15) is 24.5 Å². The molecule has 0 spiro atoms. The van der Waals surface area contributed by atoms with Crippen molar-refractivity contribution in [3.8, 4) is 0 Å². The number of thioether (sulfide) groups is 1. The van der Waals surface area contributed by atoms with Crippen molar-refractivity contribution in [3.05, 3.63) is 71.8 Å². The van der Waals surface area contributed by atoms with Crippen LogP contribution in [0.2, 0.25) is 0 Å². The summed E-state index contributed by atoms with van der Waals surface area (Å²) in [5.74, 6) is -2.87. The summed E-state index contributed by atoms with van der Waals surface area (Å²) >= 11 is 0.970. The molecular formula is C22H23N3O5S. The maximum absolute atomic E-state index is 13.0. The Morgan fingerprint density at radius 2 is 1.68 bits per heavy atom. The molecule has 2 aromatic carbocycles. The van der Waals surface area contributed by atoms with E-state index in [4.69, 9.17) is 0 Å². The SMILES string of the molecule is C[C@H](N[C@@H](CCc1ccccc1)C(=O)O)C(=O)N1N=C(c2ccccc2)SC1C(=O)O. The smallest absolute Gasteiger partial charge is 0.339 e. The zero-order valence-corrected chi connectivity index (χ0v) is 17.7. The van der Waals surface area contributed by atoms with Gasteiger partial charge in [-0.05, 0) is 25.3 Å². The molecule has 0 saturated heterocycles. The van der Waals surface area contributed by atoms with Gasteiger partial charge in [0.15, 0.2) is 0 Å². The number of benzene rings is 2. The summed E-state index contributed by atoms with van der Waals surface area (Å²) in [4.78, 5) is 36.4. The van der Waals surface area contributed by atoms with Crippen molar-refractivity contribution in [1.29, 1.82) is 0 Å².